The van der Waals surface area contributed by atoms with Crippen molar-refractivity contribution in [2.24, 2.45) is 35.5 Å². The van der Waals surface area contributed by atoms with Gasteiger partial charge in [-0.25, -0.2) is 0 Å². The number of nitrogens with one attached hydrogen (secondary N) is 4. The van der Waals surface area contributed by atoms with Gasteiger partial charge in [-0.1, -0.05) is 98.3 Å². The molecule has 4 aliphatic carbocycles. The van der Waals surface area contributed by atoms with Crippen molar-refractivity contribution in [1.29, 1.82) is 0 Å². The Labute approximate surface area is 595 Å². The van der Waals surface area contributed by atoms with E-state index in [1.54, 1.807) is 11.8 Å². The van der Waals surface area contributed by atoms with E-state index in [9.17, 15) is 51.5 Å². The number of likely N-dealkylation sites (N-methyl/N-ethyl adjacent to an activating group) is 6. The summed E-state index contributed by atoms with van der Waals surface area (Å²) in [4.78, 5) is 189. The lowest BCUT2D eigenvalue weighted by atomic mass is 9.78. The molecule has 24 nitrogen and oxygen atoms in total. The smallest absolute Gasteiger partial charge is 0.343 e. The van der Waals surface area contributed by atoms with Crippen LogP contribution in [0.15, 0.2) is 0 Å². The Kier molecular flexibility index (Phi) is 29.8. The zero-order valence-corrected chi connectivity index (χ0v) is 61.9. The minimum atomic E-state index is -4.51. The number of piperidine rings is 1. The second-order valence-corrected chi connectivity index (χ2v) is 31.4. The molecule has 7 fully saturated rings. The molecule has 28 heteroatoms. The van der Waals surface area contributed by atoms with Gasteiger partial charge in [0.2, 0.25) is 70.9 Å². The molecule has 7 rings (SSSR count). The summed E-state index contributed by atoms with van der Waals surface area (Å²) in [7, 11) is 8.60. The Morgan fingerprint density at radius 1 is 0.580 bits per heavy atom. The molecule has 3 unspecified atom stereocenters. The highest BCUT2D eigenvalue weighted by Gasteiger charge is 2.52. The fourth-order valence-electron chi connectivity index (χ4n) is 16.6. The standard InChI is InChI=1S/C72H116ClF3N12O12/c1-11-46(4)61-69(99)83(7)43-59(91)81(5)44-60(92)85(9)56(40-47-24-15-12-16-25-47)68(98)82(6)42-57(89)77-52(32-30-48-29-31-50(51(73)39-48)72(74,75)76)67(97)88-37-23-28-54(88)64(94)80-71(33-19-20-34-71)70(100)86(10)62(49-26-17-13-18-27-49)65(95)78-53(66(96)87-35-21-14-22-36-87)41-58(90)84(8)55(38-45(2)3)63(93)79-61/h45-56,61-62H,11-44H2,1-10H3,(H,77,89)(H,78,95)(H,79,93)(H,80,94)/t46-,48?,50?,51?,52-,53-,54-,55-,56-,61-,62-/m0/s1. The first kappa shape index (κ1) is 81.0. The number of hydrogen-bond acceptors (Lipinski definition) is 12. The third kappa shape index (κ3) is 21.0. The van der Waals surface area contributed by atoms with Crippen LogP contribution in [-0.2, 0) is 57.5 Å². The van der Waals surface area contributed by atoms with Crippen LogP contribution < -0.4 is 21.3 Å². The predicted octanol–water partition coefficient (Wildman–Crippen LogP) is 6.14. The highest BCUT2D eigenvalue weighted by Crippen LogP contribution is 2.44. The molecule has 0 aromatic rings. The van der Waals surface area contributed by atoms with Crippen molar-refractivity contribution in [3.63, 3.8) is 0 Å². The molecule has 12 amide bonds. The Balaban J connectivity index is 1.26. The van der Waals surface area contributed by atoms with E-state index in [2.05, 4.69) is 21.3 Å². The van der Waals surface area contributed by atoms with Crippen molar-refractivity contribution in [3.8, 4) is 0 Å². The van der Waals surface area contributed by atoms with Gasteiger partial charge in [-0.05, 0) is 132 Å². The molecule has 4 N–H and O–H groups in total. The number of rotatable bonds is 11. The summed E-state index contributed by atoms with van der Waals surface area (Å²) in [6, 6.07) is -8.57. The van der Waals surface area contributed by atoms with E-state index >= 15 is 19.2 Å². The van der Waals surface area contributed by atoms with Gasteiger partial charge in [0, 0.05) is 67.3 Å². The average Bonchev–Trinajstić information content (AvgIpc) is 1.52. The van der Waals surface area contributed by atoms with Crippen LogP contribution in [0.2, 0.25) is 0 Å². The molecule has 100 heavy (non-hydrogen) atoms. The molecular formula is C72H116ClF3N12O12. The first-order chi connectivity index (χ1) is 47.3. The van der Waals surface area contributed by atoms with Crippen molar-refractivity contribution in [2.75, 3.05) is 81.6 Å². The molecular weight excluding hydrogens is 1320 g/mol. The number of fused-ring (bicyclic) bond motifs is 1. The summed E-state index contributed by atoms with van der Waals surface area (Å²) in [5.74, 6) is -10.6. The lowest BCUT2D eigenvalue weighted by Gasteiger charge is -2.41. The minimum absolute atomic E-state index is 0.00289. The van der Waals surface area contributed by atoms with Crippen molar-refractivity contribution >= 4 is 82.5 Å². The Morgan fingerprint density at radius 2 is 1.18 bits per heavy atom. The summed E-state index contributed by atoms with van der Waals surface area (Å²) in [6.07, 6.45) is 7.91. The van der Waals surface area contributed by atoms with Gasteiger partial charge >= 0.3 is 6.18 Å². The fraction of sp³-hybridized carbons (Fsp3) is 0.833. The fourth-order valence-corrected chi connectivity index (χ4v) is 17.1. The van der Waals surface area contributed by atoms with Crippen LogP contribution in [0.1, 0.15) is 207 Å². The number of nitrogens with zero attached hydrogens (tertiary/aromatic N) is 8. The molecule has 0 aromatic carbocycles. The molecule has 1 spiro atoms. The summed E-state index contributed by atoms with van der Waals surface area (Å²) in [5, 5.41) is 10.6. The average molecular weight is 1430 g/mol. The minimum Gasteiger partial charge on any atom is -0.343 e. The molecule has 0 bridgehead atoms. The number of halogens is 4. The number of likely N-dealkylation sites (tertiary alicyclic amines) is 1. The van der Waals surface area contributed by atoms with Crippen molar-refractivity contribution in [1.82, 2.24) is 60.5 Å². The summed E-state index contributed by atoms with van der Waals surface area (Å²) in [5.41, 5.74) is -1.55. The third-order valence-corrected chi connectivity index (χ3v) is 23.5. The Bertz CT molecular complexity index is 2880. The van der Waals surface area contributed by atoms with Gasteiger partial charge in [-0.15, -0.1) is 11.6 Å². The van der Waals surface area contributed by atoms with E-state index in [1.807, 2.05) is 20.8 Å². The molecule has 0 radical (unpaired) electrons. The number of carbonyl (C=O) groups excluding carboxylic acids is 12. The molecule has 7 aliphatic rings. The SMILES string of the molecule is CC[C@H](C)[C@@H]1NC(=O)[C@H](CC(C)C)N(C)C(=O)C[C@@H](C(=O)N2CCCCC2)NC(=O)[C@H](C2CCCCC2)N(C)C(=O)C2(CCCC2)NC(=O)[C@@H]2CCCN2C(=O)[C@H](CCC2CCC(C(F)(F)F)C(Cl)C2)NC(=O)CN(C)C(=O)[C@H](CC2CCCCC2)N(C)C(=O)CN(C)C(=O)CN(C)C1=O. The summed E-state index contributed by atoms with van der Waals surface area (Å²) in [6.45, 7) is 6.56. The molecule has 0 aromatic heterocycles. The monoisotopic (exact) mass is 1430 g/mol. The predicted molar refractivity (Wildman–Crippen MR) is 370 cm³/mol. The second-order valence-electron chi connectivity index (χ2n) is 30.8. The molecule has 3 heterocycles. The van der Waals surface area contributed by atoms with Gasteiger partial charge in [-0.2, -0.15) is 13.2 Å². The van der Waals surface area contributed by atoms with Crippen LogP contribution in [-0.4, -0.2) is 251 Å². The zero-order chi connectivity index (χ0) is 73.5. The number of alkyl halides is 4. The maximum atomic E-state index is 15.6. The normalized spacial score (nSPS) is 30.0. The van der Waals surface area contributed by atoms with Gasteiger partial charge in [0.1, 0.15) is 47.8 Å². The maximum Gasteiger partial charge on any atom is 0.393 e. The van der Waals surface area contributed by atoms with Crippen LogP contribution in [0.3, 0.4) is 0 Å². The Hall–Kier alpha value is -6.28. The van der Waals surface area contributed by atoms with E-state index in [1.165, 1.54) is 61.9 Å². The molecule has 3 saturated heterocycles. The first-order valence-electron chi connectivity index (χ1n) is 37.3. The number of amides is 12. The van der Waals surface area contributed by atoms with Crippen LogP contribution in [0.5, 0.6) is 0 Å². The van der Waals surface area contributed by atoms with E-state index in [4.69, 9.17) is 11.6 Å². The van der Waals surface area contributed by atoms with Gasteiger partial charge in [0.05, 0.1) is 32.0 Å². The maximum absolute atomic E-state index is 15.6. The van der Waals surface area contributed by atoms with Gasteiger partial charge in [0.15, 0.2) is 0 Å². The molecule has 4 saturated carbocycles. The summed E-state index contributed by atoms with van der Waals surface area (Å²) < 4.78 is 42.0. The largest absolute Gasteiger partial charge is 0.393 e. The topological polar surface area (TPSA) is 279 Å². The quantitative estimate of drug-likeness (QED) is 0.170. The highest BCUT2D eigenvalue weighted by atomic mass is 35.5. The lowest BCUT2D eigenvalue weighted by molar-refractivity contribution is -0.182. The number of hydrogen-bond donors (Lipinski definition) is 4. The van der Waals surface area contributed by atoms with E-state index in [0.29, 0.717) is 64.5 Å². The number of carbonyl (C=O) groups is 12. The van der Waals surface area contributed by atoms with Crippen molar-refractivity contribution < 1.29 is 70.7 Å². The Morgan fingerprint density at radius 3 is 1.79 bits per heavy atom. The van der Waals surface area contributed by atoms with Crippen LogP contribution in [0.4, 0.5) is 13.2 Å². The van der Waals surface area contributed by atoms with Gasteiger partial charge < -0.3 is 60.5 Å². The van der Waals surface area contributed by atoms with Crippen molar-refractivity contribution in [2.45, 2.75) is 267 Å². The third-order valence-electron chi connectivity index (χ3n) is 23.0. The molecule has 3 aliphatic heterocycles. The zero-order valence-electron chi connectivity index (χ0n) is 61.1. The van der Waals surface area contributed by atoms with Crippen LogP contribution in [0.25, 0.3) is 0 Å². The van der Waals surface area contributed by atoms with E-state index in [-0.39, 0.29) is 88.5 Å². The first-order valence-corrected chi connectivity index (χ1v) is 37.7. The van der Waals surface area contributed by atoms with Crippen molar-refractivity contribution in [3.05, 3.63) is 0 Å². The van der Waals surface area contributed by atoms with Gasteiger partial charge in [-0.3, -0.25) is 57.5 Å². The second kappa shape index (κ2) is 36.7. The molecule has 11 atom stereocenters. The highest BCUT2D eigenvalue weighted by molar-refractivity contribution is 6.21. The van der Waals surface area contributed by atoms with E-state index in [0.717, 1.165) is 72.5 Å². The van der Waals surface area contributed by atoms with Crippen LogP contribution >= 0.6 is 11.6 Å². The van der Waals surface area contributed by atoms with E-state index < -0.39 is 174 Å². The summed E-state index contributed by atoms with van der Waals surface area (Å²) >= 11 is 6.41. The molecule has 564 valence electrons. The lowest BCUT2D eigenvalue weighted by Crippen LogP contribution is -2.65. The van der Waals surface area contributed by atoms with Crippen LogP contribution in [0, 0.1) is 35.5 Å². The van der Waals surface area contributed by atoms with Gasteiger partial charge in [0.25, 0.3) is 0 Å².